The Morgan fingerprint density at radius 3 is 3.29 bits per heavy atom. The topological polar surface area (TPSA) is 31.2 Å². The highest BCUT2D eigenvalue weighted by molar-refractivity contribution is 5.72. The molecule has 3 heteroatoms. The van der Waals surface area contributed by atoms with Gasteiger partial charge >= 0.3 is 0 Å². The Kier molecular flexibility index (Phi) is 2.99. The van der Waals surface area contributed by atoms with Crippen LogP contribution in [0.15, 0.2) is 18.3 Å². The molecular weight excluding hydrogens is 178 g/mol. The van der Waals surface area contributed by atoms with Gasteiger partial charge in [-0.2, -0.15) is 0 Å². The van der Waals surface area contributed by atoms with Gasteiger partial charge in [0.05, 0.1) is 12.3 Å². The molecule has 0 aliphatic carbocycles. The van der Waals surface area contributed by atoms with Gasteiger partial charge in [-0.3, -0.25) is 4.79 Å². The summed E-state index contributed by atoms with van der Waals surface area (Å²) in [6.45, 7) is 2.63. The molecule has 1 fully saturated rings. The van der Waals surface area contributed by atoms with Gasteiger partial charge in [-0.15, -0.1) is 0 Å². The zero-order chi connectivity index (χ0) is 9.80. The summed E-state index contributed by atoms with van der Waals surface area (Å²) in [5.74, 6) is 0.565. The molecule has 1 aromatic heterocycles. The van der Waals surface area contributed by atoms with Crippen molar-refractivity contribution in [1.82, 2.24) is 4.57 Å². The van der Waals surface area contributed by atoms with Crippen LogP contribution in [0.5, 0.6) is 0 Å². The lowest BCUT2D eigenvalue weighted by atomic mass is 10.0. The molecule has 0 saturated carbocycles. The average molecular weight is 193 g/mol. The number of aldehydes is 1. The van der Waals surface area contributed by atoms with Crippen LogP contribution in [0.3, 0.4) is 0 Å². The van der Waals surface area contributed by atoms with Gasteiger partial charge in [-0.05, 0) is 25.0 Å². The molecule has 0 spiro atoms. The van der Waals surface area contributed by atoms with E-state index in [1.54, 1.807) is 0 Å². The maximum absolute atomic E-state index is 10.7. The Balaban J connectivity index is 1.98. The number of nitrogens with zero attached hydrogens (tertiary/aromatic N) is 1. The predicted octanol–water partition coefficient (Wildman–Crippen LogP) is 1.73. The maximum atomic E-state index is 10.7. The highest BCUT2D eigenvalue weighted by Crippen LogP contribution is 2.16. The lowest BCUT2D eigenvalue weighted by Gasteiger charge is -2.22. The standard InChI is InChI=1S/C11H15NO2/c13-8-11-4-1-5-12(11)7-10-3-2-6-14-9-10/h1,4-5,8,10H,2-3,6-7,9H2. The average Bonchev–Trinajstić information content (AvgIpc) is 2.67. The molecule has 0 N–H and O–H groups in total. The summed E-state index contributed by atoms with van der Waals surface area (Å²) in [5.41, 5.74) is 0.760. The van der Waals surface area contributed by atoms with Gasteiger partial charge in [0.15, 0.2) is 6.29 Å². The first-order valence-electron chi connectivity index (χ1n) is 5.08. The fraction of sp³-hybridized carbons (Fsp3) is 0.545. The summed E-state index contributed by atoms with van der Waals surface area (Å²) in [4.78, 5) is 10.7. The van der Waals surface area contributed by atoms with E-state index < -0.39 is 0 Å². The van der Waals surface area contributed by atoms with E-state index in [2.05, 4.69) is 0 Å². The van der Waals surface area contributed by atoms with Crippen molar-refractivity contribution in [3.05, 3.63) is 24.0 Å². The quantitative estimate of drug-likeness (QED) is 0.684. The smallest absolute Gasteiger partial charge is 0.166 e. The number of carbonyl (C=O) groups excluding carboxylic acids is 1. The minimum absolute atomic E-state index is 0.565. The van der Waals surface area contributed by atoms with Gasteiger partial charge in [0.2, 0.25) is 0 Å². The zero-order valence-electron chi connectivity index (χ0n) is 8.19. The van der Waals surface area contributed by atoms with Crippen LogP contribution in [0.25, 0.3) is 0 Å². The summed E-state index contributed by atoms with van der Waals surface area (Å²) in [6.07, 6.45) is 5.21. The van der Waals surface area contributed by atoms with Crippen molar-refractivity contribution in [2.75, 3.05) is 13.2 Å². The molecule has 0 radical (unpaired) electrons. The summed E-state index contributed by atoms with van der Waals surface area (Å²) in [6, 6.07) is 3.75. The fourth-order valence-electron chi connectivity index (χ4n) is 1.93. The van der Waals surface area contributed by atoms with Crippen LogP contribution >= 0.6 is 0 Å². The molecule has 1 aliphatic rings. The van der Waals surface area contributed by atoms with Gasteiger partial charge in [0.25, 0.3) is 0 Å². The first kappa shape index (κ1) is 9.46. The van der Waals surface area contributed by atoms with E-state index in [0.29, 0.717) is 5.92 Å². The molecule has 1 aliphatic heterocycles. The SMILES string of the molecule is O=Cc1cccn1CC1CCCOC1. The molecule has 3 nitrogen and oxygen atoms in total. The second-order valence-electron chi connectivity index (χ2n) is 3.79. The maximum Gasteiger partial charge on any atom is 0.166 e. The van der Waals surface area contributed by atoms with Gasteiger partial charge < -0.3 is 9.30 Å². The second kappa shape index (κ2) is 4.42. The van der Waals surface area contributed by atoms with E-state index in [1.807, 2.05) is 22.9 Å². The third kappa shape index (κ3) is 2.04. The van der Waals surface area contributed by atoms with E-state index in [0.717, 1.165) is 38.2 Å². The Morgan fingerprint density at radius 2 is 2.57 bits per heavy atom. The normalized spacial score (nSPS) is 22.1. The molecule has 1 atom stereocenters. The third-order valence-electron chi connectivity index (χ3n) is 2.69. The van der Waals surface area contributed by atoms with E-state index in [9.17, 15) is 4.79 Å². The summed E-state index contributed by atoms with van der Waals surface area (Å²) < 4.78 is 7.41. The van der Waals surface area contributed by atoms with E-state index in [1.165, 1.54) is 6.42 Å². The molecule has 0 aromatic carbocycles. The fourth-order valence-corrected chi connectivity index (χ4v) is 1.93. The van der Waals surface area contributed by atoms with Crippen molar-refractivity contribution in [1.29, 1.82) is 0 Å². The van der Waals surface area contributed by atoms with Crippen LogP contribution in [-0.2, 0) is 11.3 Å². The van der Waals surface area contributed by atoms with Crippen LogP contribution in [0.4, 0.5) is 0 Å². The number of carbonyl (C=O) groups is 1. The highest BCUT2D eigenvalue weighted by Gasteiger charge is 2.14. The summed E-state index contributed by atoms with van der Waals surface area (Å²) >= 11 is 0. The first-order valence-corrected chi connectivity index (χ1v) is 5.08. The molecule has 14 heavy (non-hydrogen) atoms. The molecule has 2 rings (SSSR count). The van der Waals surface area contributed by atoms with Gasteiger partial charge in [0.1, 0.15) is 0 Å². The Bertz CT molecular complexity index is 300. The van der Waals surface area contributed by atoms with E-state index in [4.69, 9.17) is 4.74 Å². The first-order chi connectivity index (χ1) is 6.90. The largest absolute Gasteiger partial charge is 0.381 e. The van der Waals surface area contributed by atoms with Crippen molar-refractivity contribution in [3.63, 3.8) is 0 Å². The Labute approximate surface area is 83.7 Å². The second-order valence-corrected chi connectivity index (χ2v) is 3.79. The monoisotopic (exact) mass is 193 g/mol. The number of hydrogen-bond acceptors (Lipinski definition) is 2. The van der Waals surface area contributed by atoms with Gasteiger partial charge in [-0.25, -0.2) is 0 Å². The molecule has 1 unspecified atom stereocenters. The molecule has 0 amide bonds. The van der Waals surface area contributed by atoms with Crippen LogP contribution in [-0.4, -0.2) is 24.1 Å². The predicted molar refractivity (Wildman–Crippen MR) is 53.4 cm³/mol. The number of hydrogen-bond donors (Lipinski definition) is 0. The molecular formula is C11H15NO2. The molecule has 2 heterocycles. The van der Waals surface area contributed by atoms with Crippen molar-refractivity contribution in [2.45, 2.75) is 19.4 Å². The lowest BCUT2D eigenvalue weighted by molar-refractivity contribution is 0.0481. The number of rotatable bonds is 3. The van der Waals surface area contributed by atoms with Crippen molar-refractivity contribution >= 4 is 6.29 Å². The summed E-state index contributed by atoms with van der Waals surface area (Å²) in [7, 11) is 0. The van der Waals surface area contributed by atoms with Gasteiger partial charge in [0, 0.05) is 25.3 Å². The van der Waals surface area contributed by atoms with Crippen LogP contribution in [0.1, 0.15) is 23.3 Å². The minimum atomic E-state index is 0.565. The molecule has 1 saturated heterocycles. The number of aromatic nitrogens is 1. The van der Waals surface area contributed by atoms with Crippen LogP contribution in [0.2, 0.25) is 0 Å². The Hall–Kier alpha value is -1.09. The van der Waals surface area contributed by atoms with Crippen molar-refractivity contribution in [3.8, 4) is 0 Å². The number of ether oxygens (including phenoxy) is 1. The minimum Gasteiger partial charge on any atom is -0.381 e. The highest BCUT2D eigenvalue weighted by atomic mass is 16.5. The van der Waals surface area contributed by atoms with E-state index >= 15 is 0 Å². The Morgan fingerprint density at radius 1 is 1.64 bits per heavy atom. The van der Waals surface area contributed by atoms with Gasteiger partial charge in [-0.1, -0.05) is 0 Å². The molecule has 76 valence electrons. The molecule has 1 aromatic rings. The van der Waals surface area contributed by atoms with Crippen molar-refractivity contribution in [2.24, 2.45) is 5.92 Å². The summed E-state index contributed by atoms with van der Waals surface area (Å²) in [5, 5.41) is 0. The van der Waals surface area contributed by atoms with Crippen molar-refractivity contribution < 1.29 is 9.53 Å². The lowest BCUT2D eigenvalue weighted by Crippen LogP contribution is -2.22. The zero-order valence-corrected chi connectivity index (χ0v) is 8.19. The molecule has 0 bridgehead atoms. The van der Waals surface area contributed by atoms with Crippen LogP contribution < -0.4 is 0 Å². The van der Waals surface area contributed by atoms with Crippen LogP contribution in [0, 0.1) is 5.92 Å². The van der Waals surface area contributed by atoms with E-state index in [-0.39, 0.29) is 0 Å². The third-order valence-corrected chi connectivity index (χ3v) is 2.69.